The number of nitrogens with zero attached hydrogens (tertiary/aromatic N) is 1. The molecular formula is C21H19N3O2S2. The van der Waals surface area contributed by atoms with Crippen LogP contribution in [0.5, 0.6) is 0 Å². The Labute approximate surface area is 172 Å². The van der Waals surface area contributed by atoms with E-state index in [1.54, 1.807) is 6.92 Å². The first-order chi connectivity index (χ1) is 13.6. The van der Waals surface area contributed by atoms with Gasteiger partial charge in [-0.2, -0.15) is 5.10 Å². The molecule has 0 unspecified atom stereocenters. The SMILES string of the molecule is CCOC(=O)/C(=N/NC(N)=S)c1cc(-c2ccccc2)c(-c2ccccc2)s1. The van der Waals surface area contributed by atoms with E-state index in [1.165, 1.54) is 11.3 Å². The lowest BCUT2D eigenvalue weighted by Crippen LogP contribution is -2.28. The lowest BCUT2D eigenvalue weighted by Gasteiger charge is -2.04. The fourth-order valence-corrected chi connectivity index (χ4v) is 3.86. The van der Waals surface area contributed by atoms with Gasteiger partial charge in [-0.1, -0.05) is 60.7 Å². The fourth-order valence-electron chi connectivity index (χ4n) is 2.66. The summed E-state index contributed by atoms with van der Waals surface area (Å²) in [5.74, 6) is -0.535. The van der Waals surface area contributed by atoms with E-state index in [1.807, 2.05) is 66.7 Å². The van der Waals surface area contributed by atoms with Gasteiger partial charge < -0.3 is 10.5 Å². The van der Waals surface area contributed by atoms with Crippen LogP contribution < -0.4 is 11.2 Å². The van der Waals surface area contributed by atoms with Crippen LogP contribution >= 0.6 is 23.6 Å². The first kappa shape index (κ1) is 19.7. The Hall–Kier alpha value is -3.03. The molecule has 0 fully saturated rings. The van der Waals surface area contributed by atoms with E-state index in [0.29, 0.717) is 4.88 Å². The quantitative estimate of drug-likeness (QED) is 0.276. The topological polar surface area (TPSA) is 76.7 Å². The zero-order valence-electron chi connectivity index (χ0n) is 15.2. The van der Waals surface area contributed by atoms with Crippen LogP contribution in [0.25, 0.3) is 21.6 Å². The second kappa shape index (κ2) is 9.25. The van der Waals surface area contributed by atoms with Gasteiger partial charge in [0.05, 0.1) is 11.5 Å². The van der Waals surface area contributed by atoms with E-state index in [2.05, 4.69) is 10.5 Å². The summed E-state index contributed by atoms with van der Waals surface area (Å²) in [4.78, 5) is 14.2. The maximum atomic E-state index is 12.5. The van der Waals surface area contributed by atoms with Crippen LogP contribution in [0.3, 0.4) is 0 Å². The van der Waals surface area contributed by atoms with Gasteiger partial charge >= 0.3 is 5.97 Å². The summed E-state index contributed by atoms with van der Waals surface area (Å²) in [6.07, 6.45) is 0. The van der Waals surface area contributed by atoms with Gasteiger partial charge in [0.1, 0.15) is 0 Å². The Kier molecular flexibility index (Phi) is 6.52. The van der Waals surface area contributed by atoms with Gasteiger partial charge in [-0.15, -0.1) is 11.3 Å². The maximum absolute atomic E-state index is 12.5. The fraction of sp³-hybridized carbons (Fsp3) is 0.0952. The van der Waals surface area contributed by atoms with Crippen molar-refractivity contribution in [1.82, 2.24) is 5.43 Å². The number of carbonyl (C=O) groups excluding carboxylic acids is 1. The summed E-state index contributed by atoms with van der Waals surface area (Å²) in [5.41, 5.74) is 11.2. The van der Waals surface area contributed by atoms with Crippen molar-refractivity contribution < 1.29 is 9.53 Å². The number of nitrogens with two attached hydrogens (primary N) is 1. The predicted octanol–water partition coefficient (Wildman–Crippen LogP) is 4.18. The minimum absolute atomic E-state index is 0.0232. The van der Waals surface area contributed by atoms with E-state index >= 15 is 0 Å². The molecule has 0 amide bonds. The number of thiocarbonyl (C=S) groups is 1. The molecule has 3 aromatic rings. The van der Waals surface area contributed by atoms with Crippen molar-refractivity contribution in [1.29, 1.82) is 0 Å². The summed E-state index contributed by atoms with van der Waals surface area (Å²) < 4.78 is 5.16. The number of benzene rings is 2. The highest BCUT2D eigenvalue weighted by Crippen LogP contribution is 2.39. The molecule has 1 heterocycles. The third kappa shape index (κ3) is 4.62. The molecule has 5 nitrogen and oxygen atoms in total. The average molecular weight is 410 g/mol. The highest BCUT2D eigenvalue weighted by Gasteiger charge is 2.22. The number of esters is 1. The zero-order valence-corrected chi connectivity index (χ0v) is 16.8. The number of nitrogens with one attached hydrogen (secondary N) is 1. The Balaban J connectivity index is 2.15. The zero-order chi connectivity index (χ0) is 19.9. The normalized spacial score (nSPS) is 11.1. The molecule has 1 aromatic heterocycles. The molecule has 7 heteroatoms. The summed E-state index contributed by atoms with van der Waals surface area (Å²) in [7, 11) is 0. The molecule has 0 aliphatic carbocycles. The van der Waals surface area contributed by atoms with E-state index in [-0.39, 0.29) is 17.4 Å². The minimum Gasteiger partial charge on any atom is -0.461 e. The predicted molar refractivity (Wildman–Crippen MR) is 118 cm³/mol. The van der Waals surface area contributed by atoms with Gasteiger partial charge in [0.15, 0.2) is 10.8 Å². The Bertz CT molecular complexity index is 942. The summed E-state index contributed by atoms with van der Waals surface area (Å²) in [6.45, 7) is 1.99. The van der Waals surface area contributed by atoms with Crippen LogP contribution in [0, 0.1) is 0 Å². The second-order valence-electron chi connectivity index (χ2n) is 5.74. The van der Waals surface area contributed by atoms with Crippen molar-refractivity contribution in [2.45, 2.75) is 6.92 Å². The first-order valence-corrected chi connectivity index (χ1v) is 9.88. The molecule has 0 bridgehead atoms. The molecular weight excluding hydrogens is 390 g/mol. The van der Waals surface area contributed by atoms with Crippen molar-refractivity contribution in [2.75, 3.05) is 6.61 Å². The van der Waals surface area contributed by atoms with Gasteiger partial charge in [-0.3, -0.25) is 5.43 Å². The van der Waals surface area contributed by atoms with Crippen LogP contribution in [0.2, 0.25) is 0 Å². The molecule has 3 N–H and O–H groups in total. The largest absolute Gasteiger partial charge is 0.461 e. The summed E-state index contributed by atoms with van der Waals surface area (Å²) in [5, 5.41) is 4.07. The third-order valence-corrected chi connectivity index (χ3v) is 5.12. The number of thiophene rings is 1. The van der Waals surface area contributed by atoms with Crippen LogP contribution in [0.1, 0.15) is 11.8 Å². The van der Waals surface area contributed by atoms with Crippen LogP contribution in [0.15, 0.2) is 71.8 Å². The van der Waals surface area contributed by atoms with Crippen molar-refractivity contribution in [2.24, 2.45) is 10.8 Å². The van der Waals surface area contributed by atoms with Crippen LogP contribution in [-0.2, 0) is 9.53 Å². The molecule has 3 rings (SSSR count). The lowest BCUT2D eigenvalue weighted by atomic mass is 10.0. The molecule has 0 aliphatic heterocycles. The number of carbonyl (C=O) groups is 1. The number of rotatable bonds is 6. The van der Waals surface area contributed by atoms with Gasteiger partial charge in [-0.05, 0) is 36.3 Å². The van der Waals surface area contributed by atoms with Crippen molar-refractivity contribution in [3.05, 3.63) is 71.6 Å². The summed E-state index contributed by atoms with van der Waals surface area (Å²) >= 11 is 6.28. The lowest BCUT2D eigenvalue weighted by molar-refractivity contribution is -0.134. The van der Waals surface area contributed by atoms with Crippen molar-refractivity contribution in [3.63, 3.8) is 0 Å². The Morgan fingerprint density at radius 3 is 2.29 bits per heavy atom. The number of ether oxygens (including phenoxy) is 1. The summed E-state index contributed by atoms with van der Waals surface area (Å²) in [6, 6.07) is 22.0. The number of hydrogen-bond donors (Lipinski definition) is 2. The highest BCUT2D eigenvalue weighted by atomic mass is 32.1. The minimum atomic E-state index is -0.535. The van der Waals surface area contributed by atoms with Gasteiger partial charge in [0, 0.05) is 10.4 Å². The van der Waals surface area contributed by atoms with Gasteiger partial charge in [0.25, 0.3) is 0 Å². The molecule has 28 heavy (non-hydrogen) atoms. The molecule has 0 radical (unpaired) electrons. The smallest absolute Gasteiger partial charge is 0.360 e. The third-order valence-electron chi connectivity index (χ3n) is 3.83. The molecule has 0 saturated carbocycles. The molecule has 0 aliphatic rings. The van der Waals surface area contributed by atoms with E-state index in [0.717, 1.165) is 21.6 Å². The monoisotopic (exact) mass is 409 g/mol. The number of hydrogen-bond acceptors (Lipinski definition) is 5. The molecule has 0 atom stereocenters. The standard InChI is InChI=1S/C21H19N3O2S2/c1-2-26-20(25)18(23-24-21(22)27)17-13-16(14-9-5-3-6-10-14)19(28-17)15-11-7-4-8-12-15/h3-13H,2H2,1H3,(H3,22,24,27)/b23-18+. The van der Waals surface area contributed by atoms with Crippen molar-refractivity contribution >= 4 is 40.3 Å². The van der Waals surface area contributed by atoms with Gasteiger partial charge in [0.2, 0.25) is 0 Å². The van der Waals surface area contributed by atoms with Crippen LogP contribution in [-0.4, -0.2) is 23.4 Å². The maximum Gasteiger partial charge on any atom is 0.360 e. The Morgan fingerprint density at radius 1 is 1.11 bits per heavy atom. The average Bonchev–Trinajstić information content (AvgIpc) is 3.14. The highest BCUT2D eigenvalue weighted by molar-refractivity contribution is 7.80. The molecule has 142 valence electrons. The van der Waals surface area contributed by atoms with Crippen LogP contribution in [0.4, 0.5) is 0 Å². The van der Waals surface area contributed by atoms with E-state index < -0.39 is 5.97 Å². The van der Waals surface area contributed by atoms with Crippen molar-refractivity contribution in [3.8, 4) is 21.6 Å². The molecule has 2 aromatic carbocycles. The van der Waals surface area contributed by atoms with E-state index in [4.69, 9.17) is 22.7 Å². The van der Waals surface area contributed by atoms with Gasteiger partial charge in [-0.25, -0.2) is 4.79 Å². The second-order valence-corrected chi connectivity index (χ2v) is 7.23. The van der Waals surface area contributed by atoms with E-state index in [9.17, 15) is 4.79 Å². The number of hydrazone groups is 1. The first-order valence-electron chi connectivity index (χ1n) is 8.65. The molecule has 0 spiro atoms. The molecule has 0 saturated heterocycles. The Morgan fingerprint density at radius 2 is 1.71 bits per heavy atom.